The summed E-state index contributed by atoms with van der Waals surface area (Å²) in [4.78, 5) is 17.4. The Labute approximate surface area is 199 Å². The summed E-state index contributed by atoms with van der Waals surface area (Å²) in [5, 5.41) is 0. The first-order valence-corrected chi connectivity index (χ1v) is 13.6. The van der Waals surface area contributed by atoms with Crippen LogP contribution in [0.1, 0.15) is 46.1 Å². The smallest absolute Gasteiger partial charge is 0.246 e. The summed E-state index contributed by atoms with van der Waals surface area (Å²) >= 11 is 0. The normalized spacial score (nSPS) is 23.5. The Kier molecular flexibility index (Phi) is 9.09. The first-order chi connectivity index (χ1) is 15.7. The van der Waals surface area contributed by atoms with E-state index in [2.05, 4.69) is 18.7 Å². The Balaban J connectivity index is 1.49. The van der Waals surface area contributed by atoms with Gasteiger partial charge in [-0.3, -0.25) is 9.69 Å². The van der Waals surface area contributed by atoms with Crippen molar-refractivity contribution >= 4 is 22.0 Å². The van der Waals surface area contributed by atoms with Crippen molar-refractivity contribution < 1.29 is 17.9 Å². The van der Waals surface area contributed by atoms with Crippen LogP contribution in [-0.2, 0) is 19.6 Å². The third kappa shape index (κ3) is 6.88. The van der Waals surface area contributed by atoms with E-state index < -0.39 is 10.0 Å². The lowest BCUT2D eigenvalue weighted by Crippen LogP contribution is -2.48. The molecule has 8 heteroatoms. The number of carbonyl (C=O) groups excluding carboxylic acids is 1. The molecular formula is C25H39N3O4S. The van der Waals surface area contributed by atoms with Crippen molar-refractivity contribution in [3.8, 4) is 0 Å². The van der Waals surface area contributed by atoms with E-state index in [4.69, 9.17) is 4.74 Å². The molecule has 1 amide bonds. The van der Waals surface area contributed by atoms with Crippen molar-refractivity contribution in [2.75, 3.05) is 45.8 Å². The minimum absolute atomic E-state index is 0.0157. The number of piperidine rings is 1. The topological polar surface area (TPSA) is 70.2 Å². The van der Waals surface area contributed by atoms with Gasteiger partial charge in [0.1, 0.15) is 0 Å². The van der Waals surface area contributed by atoms with E-state index in [1.807, 2.05) is 18.7 Å². The Hall–Kier alpha value is -1.74. The summed E-state index contributed by atoms with van der Waals surface area (Å²) < 4.78 is 32.5. The number of benzene rings is 1. The minimum atomic E-state index is -3.46. The zero-order valence-corrected chi connectivity index (χ0v) is 21.3. The molecule has 0 spiro atoms. The lowest BCUT2D eigenvalue weighted by molar-refractivity contribution is -0.127. The number of hydrogen-bond donors (Lipinski definition) is 0. The molecule has 0 aliphatic carbocycles. The molecule has 0 bridgehead atoms. The fourth-order valence-electron chi connectivity index (χ4n) is 4.87. The summed E-state index contributed by atoms with van der Waals surface area (Å²) in [5.41, 5.74) is 0.812. The van der Waals surface area contributed by atoms with Crippen molar-refractivity contribution in [3.05, 3.63) is 35.9 Å². The number of morpholine rings is 1. The molecule has 1 aromatic rings. The molecule has 2 atom stereocenters. The average molecular weight is 478 g/mol. The molecule has 1 aromatic carbocycles. The van der Waals surface area contributed by atoms with Gasteiger partial charge in [-0.15, -0.1) is 0 Å². The molecule has 2 unspecified atom stereocenters. The van der Waals surface area contributed by atoms with Gasteiger partial charge in [-0.05, 0) is 56.4 Å². The third-order valence-electron chi connectivity index (χ3n) is 6.58. The van der Waals surface area contributed by atoms with Crippen molar-refractivity contribution in [3.63, 3.8) is 0 Å². The van der Waals surface area contributed by atoms with E-state index in [1.54, 1.807) is 36.4 Å². The number of hydrogen-bond acceptors (Lipinski definition) is 5. The second-order valence-electron chi connectivity index (χ2n) is 9.24. The second kappa shape index (κ2) is 11.6. The lowest BCUT2D eigenvalue weighted by Gasteiger charge is -2.39. The summed E-state index contributed by atoms with van der Waals surface area (Å²) in [5.74, 6) is 0.637. The molecule has 33 heavy (non-hydrogen) atoms. The molecule has 0 radical (unpaired) electrons. The van der Waals surface area contributed by atoms with E-state index in [0.29, 0.717) is 19.0 Å². The summed E-state index contributed by atoms with van der Waals surface area (Å²) in [7, 11) is -3.46. The summed E-state index contributed by atoms with van der Waals surface area (Å²) in [6.07, 6.45) is 5.98. The lowest BCUT2D eigenvalue weighted by atomic mass is 9.95. The Morgan fingerprint density at radius 3 is 2.18 bits per heavy atom. The van der Waals surface area contributed by atoms with Gasteiger partial charge in [-0.25, -0.2) is 8.42 Å². The molecule has 7 nitrogen and oxygen atoms in total. The Morgan fingerprint density at radius 2 is 1.64 bits per heavy atom. The largest absolute Gasteiger partial charge is 0.373 e. The van der Waals surface area contributed by atoms with E-state index in [-0.39, 0.29) is 23.0 Å². The van der Waals surface area contributed by atoms with Crippen LogP contribution in [0.5, 0.6) is 0 Å². The molecule has 184 valence electrons. The number of rotatable bonds is 8. The van der Waals surface area contributed by atoms with Crippen molar-refractivity contribution in [1.29, 1.82) is 0 Å². The van der Waals surface area contributed by atoms with Gasteiger partial charge in [0.05, 0.1) is 17.1 Å². The number of carbonyl (C=O) groups is 1. The van der Waals surface area contributed by atoms with Gasteiger partial charge < -0.3 is 9.64 Å². The van der Waals surface area contributed by atoms with Gasteiger partial charge in [0.2, 0.25) is 15.9 Å². The minimum Gasteiger partial charge on any atom is -0.373 e. The van der Waals surface area contributed by atoms with Crippen LogP contribution in [0.2, 0.25) is 0 Å². The van der Waals surface area contributed by atoms with E-state index in [0.717, 1.165) is 51.1 Å². The zero-order chi connectivity index (χ0) is 24.0. The van der Waals surface area contributed by atoms with Gasteiger partial charge in [0.15, 0.2) is 0 Å². The third-order valence-corrected chi connectivity index (χ3v) is 8.64. The van der Waals surface area contributed by atoms with Gasteiger partial charge in [-0.1, -0.05) is 26.0 Å². The van der Waals surface area contributed by atoms with Crippen LogP contribution in [0.4, 0.5) is 0 Å². The molecule has 2 aliphatic heterocycles. The maximum Gasteiger partial charge on any atom is 0.246 e. The van der Waals surface area contributed by atoms with Crippen LogP contribution < -0.4 is 0 Å². The molecule has 0 saturated carbocycles. The zero-order valence-electron chi connectivity index (χ0n) is 20.4. The molecule has 2 aliphatic rings. The number of nitrogens with zero attached hydrogens (tertiary/aromatic N) is 3. The maximum absolute atomic E-state index is 12.7. The fourth-order valence-corrected chi connectivity index (χ4v) is 6.33. The number of sulfonamides is 1. The molecule has 0 aromatic heterocycles. The Bertz CT molecular complexity index is 894. The average Bonchev–Trinajstić information content (AvgIpc) is 2.78. The van der Waals surface area contributed by atoms with E-state index >= 15 is 0 Å². The van der Waals surface area contributed by atoms with Crippen LogP contribution in [0.15, 0.2) is 35.2 Å². The van der Waals surface area contributed by atoms with Crippen LogP contribution in [0, 0.1) is 5.92 Å². The van der Waals surface area contributed by atoms with Crippen LogP contribution in [0.3, 0.4) is 0 Å². The quantitative estimate of drug-likeness (QED) is 0.538. The molecule has 2 saturated heterocycles. The van der Waals surface area contributed by atoms with Crippen LogP contribution in [-0.4, -0.2) is 86.5 Å². The van der Waals surface area contributed by atoms with Gasteiger partial charge in [0.25, 0.3) is 0 Å². The van der Waals surface area contributed by atoms with Crippen molar-refractivity contribution in [1.82, 2.24) is 14.1 Å². The maximum atomic E-state index is 12.7. The van der Waals surface area contributed by atoms with Crippen molar-refractivity contribution in [2.45, 2.75) is 57.6 Å². The molecule has 2 heterocycles. The number of likely N-dealkylation sites (tertiary alicyclic amines) is 1. The first kappa shape index (κ1) is 25.9. The number of ether oxygens (including phenoxy) is 1. The standard InChI is InChI=1S/C25H39N3O4S/c1-5-28(6-2)33(30,31)24-10-7-22(8-11-24)9-12-25(29)27-15-13-23(14-16-27)19-26-17-20(3)32-21(4)18-26/h7-12,20-21,23H,5-6,13-19H2,1-4H3/b12-9+. The molecular weight excluding hydrogens is 438 g/mol. The summed E-state index contributed by atoms with van der Waals surface area (Å²) in [6.45, 7) is 13.4. The van der Waals surface area contributed by atoms with Gasteiger partial charge >= 0.3 is 0 Å². The van der Waals surface area contributed by atoms with Gasteiger partial charge in [-0.2, -0.15) is 4.31 Å². The van der Waals surface area contributed by atoms with Crippen LogP contribution in [0.25, 0.3) is 6.08 Å². The van der Waals surface area contributed by atoms with Gasteiger partial charge in [0, 0.05) is 51.9 Å². The van der Waals surface area contributed by atoms with Crippen LogP contribution >= 0.6 is 0 Å². The molecule has 0 N–H and O–H groups in total. The highest BCUT2D eigenvalue weighted by Gasteiger charge is 2.27. The highest BCUT2D eigenvalue weighted by molar-refractivity contribution is 7.89. The second-order valence-corrected chi connectivity index (χ2v) is 11.2. The predicted octanol–water partition coefficient (Wildman–Crippen LogP) is 3.08. The SMILES string of the molecule is CCN(CC)S(=O)(=O)c1ccc(/C=C/C(=O)N2CCC(CN3CC(C)OC(C)C3)CC2)cc1. The van der Waals surface area contributed by atoms with E-state index in [1.165, 1.54) is 4.31 Å². The highest BCUT2D eigenvalue weighted by Crippen LogP contribution is 2.22. The fraction of sp³-hybridized carbons (Fsp3) is 0.640. The summed E-state index contributed by atoms with van der Waals surface area (Å²) in [6, 6.07) is 6.71. The molecule has 2 fully saturated rings. The predicted molar refractivity (Wildman–Crippen MR) is 131 cm³/mol. The Morgan fingerprint density at radius 1 is 1.06 bits per heavy atom. The molecule has 3 rings (SSSR count). The van der Waals surface area contributed by atoms with E-state index in [9.17, 15) is 13.2 Å². The first-order valence-electron chi connectivity index (χ1n) is 12.2. The number of amides is 1. The highest BCUT2D eigenvalue weighted by atomic mass is 32.2. The monoisotopic (exact) mass is 477 g/mol. The van der Waals surface area contributed by atoms with Crippen molar-refractivity contribution in [2.24, 2.45) is 5.92 Å².